The molecule has 2 aromatic rings. The lowest BCUT2D eigenvalue weighted by atomic mass is 10.1. The van der Waals surface area contributed by atoms with Crippen LogP contribution in [0.1, 0.15) is 15.9 Å². The maximum atomic E-state index is 12.1. The van der Waals surface area contributed by atoms with Crippen molar-refractivity contribution in [3.8, 4) is 0 Å². The average Bonchev–Trinajstić information content (AvgIpc) is 2.95. The molecule has 7 nitrogen and oxygen atoms in total. The van der Waals surface area contributed by atoms with Gasteiger partial charge in [-0.3, -0.25) is 9.82 Å². The normalized spacial score (nSPS) is 11.1. The van der Waals surface area contributed by atoms with Gasteiger partial charge < -0.3 is 4.74 Å². The second kappa shape index (κ2) is 5.33. The van der Waals surface area contributed by atoms with E-state index in [0.29, 0.717) is 11.3 Å². The minimum absolute atomic E-state index is 0.0142. The van der Waals surface area contributed by atoms with E-state index in [1.54, 1.807) is 19.1 Å². The van der Waals surface area contributed by atoms with Gasteiger partial charge in [-0.05, 0) is 24.6 Å². The summed E-state index contributed by atoms with van der Waals surface area (Å²) < 4.78 is 31.2. The lowest BCUT2D eigenvalue weighted by molar-refractivity contribution is 0.0601. The summed E-state index contributed by atoms with van der Waals surface area (Å²) in [4.78, 5) is 11.5. The summed E-state index contributed by atoms with van der Waals surface area (Å²) in [6.07, 6.45) is 2.46. The predicted octanol–water partition coefficient (Wildman–Crippen LogP) is 1.31. The monoisotopic (exact) mass is 295 g/mol. The standard InChI is InChI=1S/C12H13N3O4S/c1-8-3-4-9(12(16)19-2)5-11(8)15-20(17,18)10-6-13-14-7-10/h3-7,15H,1-2H3,(H,13,14). The zero-order valence-electron chi connectivity index (χ0n) is 10.9. The number of H-pyrrole nitrogens is 1. The Balaban J connectivity index is 2.36. The van der Waals surface area contributed by atoms with Crippen LogP contribution < -0.4 is 4.72 Å². The van der Waals surface area contributed by atoms with Gasteiger partial charge >= 0.3 is 5.97 Å². The van der Waals surface area contributed by atoms with E-state index in [-0.39, 0.29) is 10.5 Å². The summed E-state index contributed by atoms with van der Waals surface area (Å²) in [5, 5.41) is 6.02. The van der Waals surface area contributed by atoms with E-state index in [9.17, 15) is 13.2 Å². The summed E-state index contributed by atoms with van der Waals surface area (Å²) in [6.45, 7) is 1.73. The van der Waals surface area contributed by atoms with E-state index in [0.717, 1.165) is 0 Å². The van der Waals surface area contributed by atoms with Crippen molar-refractivity contribution in [3.05, 3.63) is 41.7 Å². The van der Waals surface area contributed by atoms with Crippen molar-refractivity contribution in [1.82, 2.24) is 10.2 Å². The number of rotatable bonds is 4. The van der Waals surface area contributed by atoms with Gasteiger partial charge in [0.2, 0.25) is 0 Å². The highest BCUT2D eigenvalue weighted by molar-refractivity contribution is 7.92. The molecule has 1 heterocycles. The van der Waals surface area contributed by atoms with Gasteiger partial charge in [-0.15, -0.1) is 0 Å². The fourth-order valence-electron chi connectivity index (χ4n) is 1.57. The Morgan fingerprint density at radius 3 is 2.75 bits per heavy atom. The Labute approximate surface area is 116 Å². The smallest absolute Gasteiger partial charge is 0.337 e. The quantitative estimate of drug-likeness (QED) is 0.828. The summed E-state index contributed by atoms with van der Waals surface area (Å²) in [5.41, 5.74) is 1.27. The molecule has 8 heteroatoms. The summed E-state index contributed by atoms with van der Waals surface area (Å²) in [7, 11) is -2.48. The first-order valence-corrected chi connectivity index (χ1v) is 7.13. The molecule has 106 valence electrons. The van der Waals surface area contributed by atoms with Crippen LogP contribution in [-0.2, 0) is 14.8 Å². The number of hydrogen-bond donors (Lipinski definition) is 2. The van der Waals surface area contributed by atoms with Crippen LogP contribution in [0.15, 0.2) is 35.5 Å². The van der Waals surface area contributed by atoms with Gasteiger partial charge in [0.1, 0.15) is 4.90 Å². The number of ether oxygens (including phenoxy) is 1. The van der Waals surface area contributed by atoms with E-state index < -0.39 is 16.0 Å². The zero-order chi connectivity index (χ0) is 14.8. The molecule has 0 aliphatic rings. The zero-order valence-corrected chi connectivity index (χ0v) is 11.7. The molecule has 2 N–H and O–H groups in total. The topological polar surface area (TPSA) is 101 Å². The summed E-state index contributed by atoms with van der Waals surface area (Å²) in [5.74, 6) is -0.534. The third kappa shape index (κ3) is 2.80. The van der Waals surface area contributed by atoms with Crippen molar-refractivity contribution < 1.29 is 17.9 Å². The number of anilines is 1. The Kier molecular flexibility index (Phi) is 3.75. The molecule has 0 aliphatic carbocycles. The van der Waals surface area contributed by atoms with Gasteiger partial charge in [-0.2, -0.15) is 5.10 Å². The minimum Gasteiger partial charge on any atom is -0.465 e. The van der Waals surface area contributed by atoms with Gasteiger partial charge in [0.05, 0.1) is 24.6 Å². The van der Waals surface area contributed by atoms with Gasteiger partial charge in [-0.25, -0.2) is 13.2 Å². The SMILES string of the molecule is COC(=O)c1ccc(C)c(NS(=O)(=O)c2cn[nH]c2)c1. The van der Waals surface area contributed by atoms with E-state index >= 15 is 0 Å². The number of aromatic amines is 1. The fraction of sp³-hybridized carbons (Fsp3) is 0.167. The molecule has 1 aromatic heterocycles. The first kappa shape index (κ1) is 14.1. The number of carbonyl (C=O) groups excluding carboxylic acids is 1. The molecular formula is C12H13N3O4S. The van der Waals surface area contributed by atoms with Crippen LogP contribution in [0, 0.1) is 6.92 Å². The van der Waals surface area contributed by atoms with E-state index in [4.69, 9.17) is 0 Å². The molecule has 0 atom stereocenters. The van der Waals surface area contributed by atoms with Crippen LogP contribution in [0.5, 0.6) is 0 Å². The van der Waals surface area contributed by atoms with Crippen LogP contribution >= 0.6 is 0 Å². The van der Waals surface area contributed by atoms with Gasteiger partial charge in [0.15, 0.2) is 0 Å². The molecule has 2 rings (SSSR count). The molecule has 1 aromatic carbocycles. The second-order valence-electron chi connectivity index (χ2n) is 4.06. The highest BCUT2D eigenvalue weighted by atomic mass is 32.2. The van der Waals surface area contributed by atoms with Crippen LogP contribution in [0.3, 0.4) is 0 Å². The molecule has 0 amide bonds. The molecule has 0 unspecified atom stereocenters. The lowest BCUT2D eigenvalue weighted by Crippen LogP contribution is -2.14. The number of aromatic nitrogens is 2. The number of nitrogens with zero attached hydrogens (tertiary/aromatic N) is 1. The van der Waals surface area contributed by atoms with Crippen molar-refractivity contribution in [1.29, 1.82) is 0 Å². The van der Waals surface area contributed by atoms with E-state index in [1.807, 2.05) is 0 Å². The molecule has 0 fully saturated rings. The number of aryl methyl sites for hydroxylation is 1. The fourth-order valence-corrected chi connectivity index (χ4v) is 2.59. The van der Waals surface area contributed by atoms with E-state index in [1.165, 1.54) is 25.6 Å². The average molecular weight is 295 g/mol. The Morgan fingerprint density at radius 1 is 1.40 bits per heavy atom. The first-order chi connectivity index (χ1) is 9.44. The van der Waals surface area contributed by atoms with Crippen LogP contribution in [-0.4, -0.2) is 31.7 Å². The molecule has 0 spiro atoms. The predicted molar refractivity (Wildman–Crippen MR) is 71.9 cm³/mol. The van der Waals surface area contributed by atoms with E-state index in [2.05, 4.69) is 19.7 Å². The Morgan fingerprint density at radius 2 is 2.15 bits per heavy atom. The maximum Gasteiger partial charge on any atom is 0.337 e. The number of nitrogens with one attached hydrogen (secondary N) is 2. The largest absolute Gasteiger partial charge is 0.465 e. The summed E-state index contributed by atoms with van der Waals surface area (Å²) in [6, 6.07) is 4.63. The van der Waals surface area contributed by atoms with Crippen molar-refractivity contribution in [2.45, 2.75) is 11.8 Å². The molecule has 0 saturated carbocycles. The van der Waals surface area contributed by atoms with Gasteiger partial charge in [-0.1, -0.05) is 6.07 Å². The highest BCUT2D eigenvalue weighted by Crippen LogP contribution is 2.21. The third-order valence-electron chi connectivity index (χ3n) is 2.69. The van der Waals surface area contributed by atoms with Crippen LogP contribution in [0.25, 0.3) is 0 Å². The molecule has 20 heavy (non-hydrogen) atoms. The first-order valence-electron chi connectivity index (χ1n) is 5.64. The van der Waals surface area contributed by atoms with Gasteiger partial charge in [0, 0.05) is 6.20 Å². The van der Waals surface area contributed by atoms with Crippen molar-refractivity contribution in [2.75, 3.05) is 11.8 Å². The summed E-state index contributed by atoms with van der Waals surface area (Å²) >= 11 is 0. The van der Waals surface area contributed by atoms with Crippen LogP contribution in [0.4, 0.5) is 5.69 Å². The van der Waals surface area contributed by atoms with Crippen molar-refractivity contribution in [2.24, 2.45) is 0 Å². The minimum atomic E-state index is -3.74. The number of hydrogen-bond acceptors (Lipinski definition) is 5. The molecular weight excluding hydrogens is 282 g/mol. The number of sulfonamides is 1. The molecule has 0 bridgehead atoms. The van der Waals surface area contributed by atoms with Crippen LogP contribution in [0.2, 0.25) is 0 Å². The number of esters is 1. The highest BCUT2D eigenvalue weighted by Gasteiger charge is 2.17. The molecule has 0 saturated heterocycles. The Bertz CT molecular complexity index is 723. The molecule has 0 radical (unpaired) electrons. The maximum absolute atomic E-state index is 12.1. The number of benzene rings is 1. The number of methoxy groups -OCH3 is 1. The van der Waals surface area contributed by atoms with Crippen molar-refractivity contribution in [3.63, 3.8) is 0 Å². The third-order valence-corrected chi connectivity index (χ3v) is 4.02. The Hall–Kier alpha value is -2.35. The van der Waals surface area contributed by atoms with Crippen molar-refractivity contribution >= 4 is 21.7 Å². The molecule has 0 aliphatic heterocycles. The second-order valence-corrected chi connectivity index (χ2v) is 5.74. The lowest BCUT2D eigenvalue weighted by Gasteiger charge is -2.10. The number of carbonyl (C=O) groups is 1. The van der Waals surface area contributed by atoms with Gasteiger partial charge in [0.25, 0.3) is 10.0 Å².